The van der Waals surface area contributed by atoms with Crippen LogP contribution in [0.3, 0.4) is 0 Å². The second-order valence-electron chi connectivity index (χ2n) is 4.04. The first kappa shape index (κ1) is 11.9. The van der Waals surface area contributed by atoms with Gasteiger partial charge in [-0.05, 0) is 12.1 Å². The highest BCUT2D eigenvalue weighted by Crippen LogP contribution is 2.14. The van der Waals surface area contributed by atoms with Gasteiger partial charge in [0.25, 0.3) is 0 Å². The van der Waals surface area contributed by atoms with Gasteiger partial charge < -0.3 is 9.64 Å². The fraction of sp³-hybridized carbons (Fsp3) is 0.500. The molecular weight excluding hydrogens is 218 g/mol. The molecule has 1 aromatic rings. The first-order valence-corrected chi connectivity index (χ1v) is 5.74. The minimum atomic E-state index is -0.164. The number of nitrogens with zero attached hydrogens (tertiary/aromatic N) is 3. The fourth-order valence-electron chi connectivity index (χ4n) is 1.97. The van der Waals surface area contributed by atoms with Gasteiger partial charge in [-0.2, -0.15) is 0 Å². The second kappa shape index (κ2) is 5.63. The molecule has 5 nitrogen and oxygen atoms in total. The summed E-state index contributed by atoms with van der Waals surface area (Å²) in [5, 5.41) is 0. The van der Waals surface area contributed by atoms with E-state index in [2.05, 4.69) is 19.5 Å². The molecule has 1 aromatic heterocycles. The fourth-order valence-corrected chi connectivity index (χ4v) is 1.97. The lowest BCUT2D eigenvalue weighted by molar-refractivity contribution is -0.142. The van der Waals surface area contributed by atoms with Gasteiger partial charge in [-0.1, -0.05) is 0 Å². The van der Waals surface area contributed by atoms with Crippen molar-refractivity contribution in [3.05, 3.63) is 24.5 Å². The van der Waals surface area contributed by atoms with E-state index < -0.39 is 0 Å². The smallest absolute Gasteiger partial charge is 0.319 e. The van der Waals surface area contributed by atoms with Crippen LogP contribution < -0.4 is 4.90 Å². The lowest BCUT2D eigenvalue weighted by Crippen LogP contribution is -2.48. The minimum Gasteiger partial charge on any atom is -0.468 e. The summed E-state index contributed by atoms with van der Waals surface area (Å²) in [6, 6.07) is 4.02. The van der Waals surface area contributed by atoms with E-state index in [4.69, 9.17) is 0 Å². The Bertz CT molecular complexity index is 361. The zero-order valence-corrected chi connectivity index (χ0v) is 10.0. The number of aromatic nitrogens is 1. The van der Waals surface area contributed by atoms with Crippen LogP contribution >= 0.6 is 0 Å². The maximum atomic E-state index is 11.1. The summed E-state index contributed by atoms with van der Waals surface area (Å²) in [6.45, 7) is 4.03. The largest absolute Gasteiger partial charge is 0.468 e. The molecule has 0 aliphatic carbocycles. The van der Waals surface area contributed by atoms with Crippen molar-refractivity contribution < 1.29 is 9.53 Å². The van der Waals surface area contributed by atoms with Crippen LogP contribution in [0.25, 0.3) is 0 Å². The van der Waals surface area contributed by atoms with Gasteiger partial charge in [0, 0.05) is 44.3 Å². The molecule has 0 N–H and O–H groups in total. The van der Waals surface area contributed by atoms with Crippen molar-refractivity contribution >= 4 is 11.7 Å². The quantitative estimate of drug-likeness (QED) is 0.709. The Morgan fingerprint density at radius 3 is 2.53 bits per heavy atom. The Morgan fingerprint density at radius 1 is 1.29 bits per heavy atom. The minimum absolute atomic E-state index is 0.164. The molecule has 1 aliphatic rings. The number of hydrogen-bond acceptors (Lipinski definition) is 5. The highest BCUT2D eigenvalue weighted by molar-refractivity contribution is 5.71. The van der Waals surface area contributed by atoms with Crippen LogP contribution in [0, 0.1) is 0 Å². The molecular formula is C12H17N3O2. The number of ether oxygens (including phenoxy) is 1. The van der Waals surface area contributed by atoms with Gasteiger partial charge in [-0.3, -0.25) is 14.7 Å². The molecule has 0 atom stereocenters. The van der Waals surface area contributed by atoms with Crippen molar-refractivity contribution in [2.75, 3.05) is 44.7 Å². The zero-order valence-electron chi connectivity index (χ0n) is 10.0. The standard InChI is InChI=1S/C12H17N3O2/c1-17-12(16)10-14-6-8-15(9-7-14)11-2-4-13-5-3-11/h2-5H,6-10H2,1H3. The maximum Gasteiger partial charge on any atom is 0.319 e. The van der Waals surface area contributed by atoms with E-state index in [0.29, 0.717) is 6.54 Å². The summed E-state index contributed by atoms with van der Waals surface area (Å²) in [6.07, 6.45) is 3.60. The Hall–Kier alpha value is -1.62. The van der Waals surface area contributed by atoms with E-state index >= 15 is 0 Å². The molecule has 1 saturated heterocycles. The molecule has 0 saturated carbocycles. The summed E-state index contributed by atoms with van der Waals surface area (Å²) in [5.74, 6) is -0.164. The lowest BCUT2D eigenvalue weighted by atomic mass is 10.2. The third-order valence-corrected chi connectivity index (χ3v) is 2.98. The summed E-state index contributed by atoms with van der Waals surface area (Å²) < 4.78 is 4.66. The average Bonchev–Trinajstić information content (AvgIpc) is 2.40. The summed E-state index contributed by atoms with van der Waals surface area (Å²) in [4.78, 5) is 19.6. The average molecular weight is 235 g/mol. The predicted molar refractivity (Wildman–Crippen MR) is 64.9 cm³/mol. The Balaban J connectivity index is 1.84. The number of carbonyl (C=O) groups is 1. The molecule has 1 aliphatic heterocycles. The van der Waals surface area contributed by atoms with Crippen LogP contribution in [0.2, 0.25) is 0 Å². The first-order chi connectivity index (χ1) is 8.29. The molecule has 1 fully saturated rings. The molecule has 17 heavy (non-hydrogen) atoms. The lowest BCUT2D eigenvalue weighted by Gasteiger charge is -2.35. The number of rotatable bonds is 3. The Labute approximate surface area is 101 Å². The molecule has 0 aromatic carbocycles. The predicted octanol–water partition coefficient (Wildman–Crippen LogP) is 0.377. The first-order valence-electron chi connectivity index (χ1n) is 5.74. The van der Waals surface area contributed by atoms with E-state index in [1.54, 1.807) is 12.4 Å². The van der Waals surface area contributed by atoms with E-state index in [1.165, 1.54) is 12.8 Å². The van der Waals surface area contributed by atoms with E-state index in [0.717, 1.165) is 26.2 Å². The van der Waals surface area contributed by atoms with Crippen LogP contribution in [0.1, 0.15) is 0 Å². The van der Waals surface area contributed by atoms with Crippen LogP contribution in [0.4, 0.5) is 5.69 Å². The summed E-state index contributed by atoms with van der Waals surface area (Å²) >= 11 is 0. The molecule has 0 amide bonds. The van der Waals surface area contributed by atoms with E-state index in [1.807, 2.05) is 12.1 Å². The number of esters is 1. The van der Waals surface area contributed by atoms with Crippen LogP contribution in [-0.4, -0.2) is 55.7 Å². The number of anilines is 1. The topological polar surface area (TPSA) is 45.7 Å². The number of carbonyl (C=O) groups excluding carboxylic acids is 1. The normalized spacial score (nSPS) is 16.9. The van der Waals surface area contributed by atoms with Crippen molar-refractivity contribution in [1.82, 2.24) is 9.88 Å². The SMILES string of the molecule is COC(=O)CN1CCN(c2ccncc2)CC1. The molecule has 0 unspecified atom stereocenters. The maximum absolute atomic E-state index is 11.1. The second-order valence-corrected chi connectivity index (χ2v) is 4.04. The monoisotopic (exact) mass is 235 g/mol. The van der Waals surface area contributed by atoms with Gasteiger partial charge in [0.1, 0.15) is 0 Å². The van der Waals surface area contributed by atoms with Crippen molar-refractivity contribution in [3.63, 3.8) is 0 Å². The Morgan fingerprint density at radius 2 is 1.94 bits per heavy atom. The van der Waals surface area contributed by atoms with Crippen molar-refractivity contribution in [1.29, 1.82) is 0 Å². The van der Waals surface area contributed by atoms with Crippen molar-refractivity contribution in [3.8, 4) is 0 Å². The van der Waals surface area contributed by atoms with Crippen LogP contribution in [0.5, 0.6) is 0 Å². The number of methoxy groups -OCH3 is 1. The molecule has 0 bridgehead atoms. The molecule has 5 heteroatoms. The molecule has 92 valence electrons. The number of pyridine rings is 1. The molecule has 0 radical (unpaired) electrons. The van der Waals surface area contributed by atoms with E-state index in [-0.39, 0.29) is 5.97 Å². The van der Waals surface area contributed by atoms with Gasteiger partial charge in [-0.15, -0.1) is 0 Å². The van der Waals surface area contributed by atoms with Crippen molar-refractivity contribution in [2.24, 2.45) is 0 Å². The molecule has 2 rings (SSSR count). The highest BCUT2D eigenvalue weighted by Gasteiger charge is 2.19. The number of piperazine rings is 1. The van der Waals surface area contributed by atoms with Gasteiger partial charge in [0.15, 0.2) is 0 Å². The molecule has 0 spiro atoms. The van der Waals surface area contributed by atoms with Crippen molar-refractivity contribution in [2.45, 2.75) is 0 Å². The summed E-state index contributed by atoms with van der Waals surface area (Å²) in [7, 11) is 1.43. The summed E-state index contributed by atoms with van der Waals surface area (Å²) in [5.41, 5.74) is 1.19. The zero-order chi connectivity index (χ0) is 12.1. The van der Waals surface area contributed by atoms with Crippen LogP contribution in [-0.2, 0) is 9.53 Å². The third-order valence-electron chi connectivity index (χ3n) is 2.98. The van der Waals surface area contributed by atoms with Gasteiger partial charge in [0.2, 0.25) is 0 Å². The number of hydrogen-bond donors (Lipinski definition) is 0. The highest BCUT2D eigenvalue weighted by atomic mass is 16.5. The van der Waals surface area contributed by atoms with Gasteiger partial charge >= 0.3 is 5.97 Å². The Kier molecular flexibility index (Phi) is 3.93. The van der Waals surface area contributed by atoms with E-state index in [9.17, 15) is 4.79 Å². The third kappa shape index (κ3) is 3.17. The molecule has 2 heterocycles. The van der Waals surface area contributed by atoms with Crippen LogP contribution in [0.15, 0.2) is 24.5 Å². The van der Waals surface area contributed by atoms with Gasteiger partial charge in [-0.25, -0.2) is 0 Å². The van der Waals surface area contributed by atoms with Gasteiger partial charge in [0.05, 0.1) is 13.7 Å².